The Morgan fingerprint density at radius 3 is 1.82 bits per heavy atom. The molecule has 0 aliphatic heterocycles. The lowest BCUT2D eigenvalue weighted by Crippen LogP contribution is -2.49. The van der Waals surface area contributed by atoms with E-state index in [9.17, 15) is 4.79 Å². The summed E-state index contributed by atoms with van der Waals surface area (Å²) in [4.78, 5) is 11.4. The van der Waals surface area contributed by atoms with Gasteiger partial charge < -0.3 is 4.57 Å². The Hall–Kier alpha value is -0.313. The van der Waals surface area contributed by atoms with Gasteiger partial charge in [0.2, 0.25) is 5.91 Å². The van der Waals surface area contributed by atoms with Crippen LogP contribution in [-0.4, -0.2) is 25.3 Å². The normalized spacial score (nSPS) is 11.4. The summed E-state index contributed by atoms with van der Waals surface area (Å²) in [6.45, 7) is 11.4. The fraction of sp³-hybridized carbons (Fsp3) is 0.875. The minimum Gasteiger partial charge on any atom is -0.370 e. The minimum atomic E-state index is -1.39. The molecule has 1 amide bonds. The van der Waals surface area contributed by atoms with Crippen LogP contribution in [0.4, 0.5) is 0 Å². The molecule has 0 unspecified atom stereocenters. The van der Waals surface area contributed by atoms with E-state index in [-0.39, 0.29) is 0 Å². The van der Waals surface area contributed by atoms with Gasteiger partial charge in [-0.25, -0.2) is 0 Å². The summed E-state index contributed by atoms with van der Waals surface area (Å²) in [5.41, 5.74) is 0. The Kier molecular flexibility index (Phi) is 3.79. The monoisotopic (exact) mass is 173 g/mol. The summed E-state index contributed by atoms with van der Waals surface area (Å²) < 4.78 is 2.03. The number of carbonyl (C=O) groups excluding carboxylic acids is 1. The number of carbonyl (C=O) groups is 1. The molecule has 0 fully saturated rings. The third-order valence-corrected chi connectivity index (χ3v) is 3.91. The molecular weight excluding hydrogens is 154 g/mol. The molecule has 0 saturated carbocycles. The molecule has 0 rings (SSSR count). The maximum absolute atomic E-state index is 11.4. The second kappa shape index (κ2) is 3.90. The van der Waals surface area contributed by atoms with Gasteiger partial charge in [0.25, 0.3) is 0 Å². The summed E-state index contributed by atoms with van der Waals surface area (Å²) in [7, 11) is -1.39. The van der Waals surface area contributed by atoms with E-state index in [2.05, 4.69) is 19.6 Å². The van der Waals surface area contributed by atoms with Crippen LogP contribution in [0.25, 0.3) is 0 Å². The first-order valence-electron chi connectivity index (χ1n) is 4.24. The van der Waals surface area contributed by atoms with Crippen LogP contribution in [0.1, 0.15) is 20.3 Å². The zero-order chi connectivity index (χ0) is 9.07. The van der Waals surface area contributed by atoms with Crippen molar-refractivity contribution in [1.82, 2.24) is 4.57 Å². The highest BCUT2D eigenvalue weighted by molar-refractivity contribution is 6.75. The molecule has 0 aliphatic rings. The maximum Gasteiger partial charge on any atom is 0.214 e. The predicted octanol–water partition coefficient (Wildman–Crippen LogP) is 2.08. The topological polar surface area (TPSA) is 20.3 Å². The number of hydrogen-bond acceptors (Lipinski definition) is 1. The lowest BCUT2D eigenvalue weighted by molar-refractivity contribution is -0.126. The SMILES string of the molecule is CCC(=O)N(CC)[Si](C)(C)C. The fourth-order valence-electron chi connectivity index (χ4n) is 1.22. The Balaban J connectivity index is 4.29. The Morgan fingerprint density at radius 1 is 1.27 bits per heavy atom. The molecule has 0 aromatic carbocycles. The largest absolute Gasteiger partial charge is 0.370 e. The fourth-order valence-corrected chi connectivity index (χ4v) is 3.07. The molecular formula is C8H19NOSi. The lowest BCUT2D eigenvalue weighted by atomic mass is 10.4. The highest BCUT2D eigenvalue weighted by Gasteiger charge is 2.25. The van der Waals surface area contributed by atoms with Crippen molar-refractivity contribution in [2.75, 3.05) is 6.54 Å². The van der Waals surface area contributed by atoms with Crippen molar-refractivity contribution < 1.29 is 4.79 Å². The second-order valence-corrected chi connectivity index (χ2v) is 8.54. The van der Waals surface area contributed by atoms with E-state index in [0.717, 1.165) is 6.54 Å². The first kappa shape index (κ1) is 10.7. The van der Waals surface area contributed by atoms with Gasteiger partial charge in [-0.05, 0) is 6.92 Å². The first-order valence-corrected chi connectivity index (χ1v) is 7.68. The van der Waals surface area contributed by atoms with Gasteiger partial charge in [0.15, 0.2) is 8.24 Å². The quantitative estimate of drug-likeness (QED) is 0.598. The van der Waals surface area contributed by atoms with E-state index in [1.54, 1.807) is 0 Å². The standard InChI is InChI=1S/C8H19NOSi/c1-6-8(10)9(7-2)11(3,4)5/h6-7H2,1-5H3. The number of nitrogens with zero attached hydrogens (tertiary/aromatic N) is 1. The van der Waals surface area contributed by atoms with E-state index in [4.69, 9.17) is 0 Å². The van der Waals surface area contributed by atoms with E-state index < -0.39 is 8.24 Å². The van der Waals surface area contributed by atoms with E-state index in [1.165, 1.54) is 0 Å². The van der Waals surface area contributed by atoms with Crippen LogP contribution < -0.4 is 0 Å². The van der Waals surface area contributed by atoms with E-state index in [1.807, 2.05) is 18.4 Å². The molecule has 0 atom stereocenters. The Labute approximate surface area is 70.7 Å². The van der Waals surface area contributed by atoms with Gasteiger partial charge in [0.1, 0.15) is 0 Å². The van der Waals surface area contributed by atoms with Crippen molar-refractivity contribution in [2.45, 2.75) is 39.9 Å². The summed E-state index contributed by atoms with van der Waals surface area (Å²) in [5.74, 6) is 0.298. The summed E-state index contributed by atoms with van der Waals surface area (Å²) >= 11 is 0. The van der Waals surface area contributed by atoms with Crippen LogP contribution in [0.2, 0.25) is 19.6 Å². The Bertz CT molecular complexity index is 140. The lowest BCUT2D eigenvalue weighted by Gasteiger charge is -2.32. The zero-order valence-corrected chi connectivity index (χ0v) is 9.27. The first-order chi connectivity index (χ1) is 4.93. The average Bonchev–Trinajstić information content (AvgIpc) is 1.86. The Morgan fingerprint density at radius 2 is 1.73 bits per heavy atom. The van der Waals surface area contributed by atoms with Gasteiger partial charge in [-0.3, -0.25) is 4.79 Å². The molecule has 0 saturated heterocycles. The zero-order valence-electron chi connectivity index (χ0n) is 8.27. The highest BCUT2D eigenvalue weighted by atomic mass is 28.3. The molecule has 3 heteroatoms. The molecule has 0 aromatic rings. The second-order valence-electron chi connectivity index (χ2n) is 3.66. The van der Waals surface area contributed by atoms with Crippen molar-refractivity contribution in [3.63, 3.8) is 0 Å². The molecule has 0 heterocycles. The summed E-state index contributed by atoms with van der Waals surface area (Å²) in [6, 6.07) is 0. The van der Waals surface area contributed by atoms with Gasteiger partial charge in [-0.1, -0.05) is 26.6 Å². The summed E-state index contributed by atoms with van der Waals surface area (Å²) in [5, 5.41) is 0. The maximum atomic E-state index is 11.4. The van der Waals surface area contributed by atoms with Crippen molar-refractivity contribution in [3.05, 3.63) is 0 Å². The molecule has 0 aliphatic carbocycles. The van der Waals surface area contributed by atoms with Crippen molar-refractivity contribution in [3.8, 4) is 0 Å². The van der Waals surface area contributed by atoms with Gasteiger partial charge in [-0.15, -0.1) is 0 Å². The number of hydrogen-bond donors (Lipinski definition) is 0. The summed E-state index contributed by atoms with van der Waals surface area (Å²) in [6.07, 6.45) is 0.637. The molecule has 0 aromatic heterocycles. The average molecular weight is 173 g/mol. The molecule has 0 N–H and O–H groups in total. The van der Waals surface area contributed by atoms with Gasteiger partial charge in [0, 0.05) is 13.0 Å². The van der Waals surface area contributed by atoms with Gasteiger partial charge in [0.05, 0.1) is 0 Å². The highest BCUT2D eigenvalue weighted by Crippen LogP contribution is 2.09. The third-order valence-electron chi connectivity index (χ3n) is 1.73. The van der Waals surface area contributed by atoms with Crippen LogP contribution in [0, 0.1) is 0 Å². The third kappa shape index (κ3) is 3.06. The van der Waals surface area contributed by atoms with Crippen LogP contribution >= 0.6 is 0 Å². The molecule has 11 heavy (non-hydrogen) atoms. The van der Waals surface area contributed by atoms with Crippen LogP contribution in [0.15, 0.2) is 0 Å². The molecule has 0 spiro atoms. The van der Waals surface area contributed by atoms with Gasteiger partial charge in [-0.2, -0.15) is 0 Å². The van der Waals surface area contributed by atoms with Crippen molar-refractivity contribution in [1.29, 1.82) is 0 Å². The number of rotatable bonds is 3. The predicted molar refractivity (Wildman–Crippen MR) is 51.0 cm³/mol. The van der Waals surface area contributed by atoms with E-state index in [0.29, 0.717) is 12.3 Å². The van der Waals surface area contributed by atoms with Crippen molar-refractivity contribution in [2.24, 2.45) is 0 Å². The number of amides is 1. The molecule has 0 radical (unpaired) electrons. The van der Waals surface area contributed by atoms with Crippen LogP contribution in [0.5, 0.6) is 0 Å². The van der Waals surface area contributed by atoms with E-state index >= 15 is 0 Å². The smallest absolute Gasteiger partial charge is 0.214 e. The molecule has 66 valence electrons. The van der Waals surface area contributed by atoms with Crippen LogP contribution in [0.3, 0.4) is 0 Å². The minimum absolute atomic E-state index is 0.298. The molecule has 2 nitrogen and oxygen atoms in total. The van der Waals surface area contributed by atoms with Gasteiger partial charge >= 0.3 is 0 Å². The van der Waals surface area contributed by atoms with Crippen LogP contribution in [-0.2, 0) is 4.79 Å². The molecule has 0 bridgehead atoms. The van der Waals surface area contributed by atoms with Crippen molar-refractivity contribution >= 4 is 14.1 Å².